The maximum Gasteiger partial charge on any atom is 0.287 e. The van der Waals surface area contributed by atoms with Gasteiger partial charge >= 0.3 is 0 Å². The van der Waals surface area contributed by atoms with Crippen molar-refractivity contribution in [3.8, 4) is 0 Å². The summed E-state index contributed by atoms with van der Waals surface area (Å²) in [5, 5.41) is 5.82. The van der Waals surface area contributed by atoms with Gasteiger partial charge in [-0.05, 0) is 49.6 Å². The van der Waals surface area contributed by atoms with E-state index in [2.05, 4.69) is 28.5 Å². The van der Waals surface area contributed by atoms with Crippen LogP contribution in [0.1, 0.15) is 62.3 Å². The first-order valence-electron chi connectivity index (χ1n) is 10.7. The van der Waals surface area contributed by atoms with E-state index in [0.29, 0.717) is 6.42 Å². The summed E-state index contributed by atoms with van der Waals surface area (Å²) < 4.78 is 5.52. The van der Waals surface area contributed by atoms with Gasteiger partial charge in [-0.2, -0.15) is 0 Å². The molecule has 1 saturated heterocycles. The number of furan rings is 1. The number of carbonyl (C=O) groups is 2. The molecule has 156 valence electrons. The minimum atomic E-state index is -0.604. The Bertz CT molecular complexity index is 824. The van der Waals surface area contributed by atoms with Crippen molar-refractivity contribution < 1.29 is 14.0 Å². The second kappa shape index (κ2) is 10.1. The van der Waals surface area contributed by atoms with E-state index in [4.69, 9.17) is 4.42 Å². The highest BCUT2D eigenvalue weighted by Crippen LogP contribution is 2.23. The number of aryl methyl sites for hydroxylation is 1. The number of unbranched alkanes of at least 4 members (excludes halogenated alkanes) is 1. The fraction of sp³-hybridized carbons (Fsp3) is 0.478. The van der Waals surface area contributed by atoms with Crippen molar-refractivity contribution in [2.75, 3.05) is 23.3 Å². The lowest BCUT2D eigenvalue weighted by Gasteiger charge is -2.20. The van der Waals surface area contributed by atoms with Gasteiger partial charge in [-0.1, -0.05) is 32.8 Å². The zero-order chi connectivity index (χ0) is 20.6. The summed E-state index contributed by atoms with van der Waals surface area (Å²) in [7, 11) is 0. The Hall–Kier alpha value is -2.76. The number of anilines is 2. The lowest BCUT2D eigenvalue weighted by atomic mass is 10.1. The minimum absolute atomic E-state index is 0.201. The molecule has 6 heteroatoms. The summed E-state index contributed by atoms with van der Waals surface area (Å²) in [5.41, 5.74) is 1.87. The van der Waals surface area contributed by atoms with Crippen LogP contribution in [-0.4, -0.2) is 30.9 Å². The van der Waals surface area contributed by atoms with Crippen LogP contribution in [0.5, 0.6) is 0 Å². The van der Waals surface area contributed by atoms with Gasteiger partial charge in [-0.25, -0.2) is 0 Å². The van der Waals surface area contributed by atoms with Crippen molar-refractivity contribution in [1.29, 1.82) is 0 Å². The van der Waals surface area contributed by atoms with E-state index in [1.807, 2.05) is 25.1 Å². The van der Waals surface area contributed by atoms with Crippen LogP contribution < -0.4 is 15.5 Å². The van der Waals surface area contributed by atoms with Crippen molar-refractivity contribution >= 4 is 23.2 Å². The molecular weight excluding hydrogens is 366 g/mol. The molecule has 0 bridgehead atoms. The molecule has 3 rings (SSSR count). The molecule has 0 spiro atoms. The number of amides is 2. The highest BCUT2D eigenvalue weighted by Gasteiger charge is 2.23. The minimum Gasteiger partial charge on any atom is -0.456 e. The lowest BCUT2D eigenvalue weighted by Crippen LogP contribution is -2.43. The van der Waals surface area contributed by atoms with E-state index in [0.717, 1.165) is 49.5 Å². The number of hydrogen-bond donors (Lipinski definition) is 2. The molecule has 0 aliphatic carbocycles. The van der Waals surface area contributed by atoms with Gasteiger partial charge in [-0.3, -0.25) is 9.59 Å². The molecule has 29 heavy (non-hydrogen) atoms. The summed E-state index contributed by atoms with van der Waals surface area (Å²) in [5.74, 6) is 0.440. The summed E-state index contributed by atoms with van der Waals surface area (Å²) >= 11 is 0. The first kappa shape index (κ1) is 21.0. The molecule has 0 radical (unpaired) electrons. The van der Waals surface area contributed by atoms with E-state index in [9.17, 15) is 9.59 Å². The highest BCUT2D eigenvalue weighted by molar-refractivity contribution is 6.00. The van der Waals surface area contributed by atoms with Crippen molar-refractivity contribution in [1.82, 2.24) is 5.32 Å². The lowest BCUT2D eigenvalue weighted by molar-refractivity contribution is -0.118. The molecule has 1 aromatic heterocycles. The Morgan fingerprint density at radius 1 is 1.14 bits per heavy atom. The van der Waals surface area contributed by atoms with Gasteiger partial charge in [0, 0.05) is 30.9 Å². The number of rotatable bonds is 9. The predicted molar refractivity (Wildman–Crippen MR) is 115 cm³/mol. The molecule has 2 N–H and O–H groups in total. The predicted octanol–water partition coefficient (Wildman–Crippen LogP) is 4.37. The fourth-order valence-electron chi connectivity index (χ4n) is 3.58. The molecule has 1 fully saturated rings. The normalized spacial score (nSPS) is 14.6. The second-order valence-electron chi connectivity index (χ2n) is 7.52. The maximum atomic E-state index is 12.9. The molecule has 0 saturated carbocycles. The molecule has 6 nitrogen and oxygen atoms in total. The van der Waals surface area contributed by atoms with Gasteiger partial charge in [-0.15, -0.1) is 0 Å². The van der Waals surface area contributed by atoms with Crippen LogP contribution in [0, 0.1) is 0 Å². The van der Waals surface area contributed by atoms with Crippen LogP contribution in [0.2, 0.25) is 0 Å². The van der Waals surface area contributed by atoms with Gasteiger partial charge in [0.25, 0.3) is 5.91 Å². The summed E-state index contributed by atoms with van der Waals surface area (Å²) in [6, 6.07) is 10.8. The molecule has 2 aromatic rings. The molecule has 1 atom stereocenters. The third-order valence-electron chi connectivity index (χ3n) is 5.29. The molecule has 1 aliphatic rings. The molecule has 1 aromatic carbocycles. The molecule has 1 unspecified atom stereocenters. The Morgan fingerprint density at radius 3 is 2.62 bits per heavy atom. The zero-order valence-corrected chi connectivity index (χ0v) is 17.4. The Balaban J connectivity index is 1.66. The number of nitrogens with zero attached hydrogens (tertiary/aromatic N) is 1. The van der Waals surface area contributed by atoms with Crippen molar-refractivity contribution in [3.05, 3.63) is 47.9 Å². The van der Waals surface area contributed by atoms with Crippen LogP contribution in [0.3, 0.4) is 0 Å². The Labute approximate surface area is 172 Å². The van der Waals surface area contributed by atoms with Gasteiger partial charge in [0.2, 0.25) is 5.91 Å². The van der Waals surface area contributed by atoms with Crippen LogP contribution in [-0.2, 0) is 11.2 Å². The van der Waals surface area contributed by atoms with Crippen LogP contribution >= 0.6 is 0 Å². The summed E-state index contributed by atoms with van der Waals surface area (Å²) in [6.07, 6.45) is 5.51. The fourth-order valence-corrected chi connectivity index (χ4v) is 3.58. The smallest absolute Gasteiger partial charge is 0.287 e. The first-order valence-corrected chi connectivity index (χ1v) is 10.7. The SMILES string of the molecule is CCCCC(NC(=O)c1ccc(CC)o1)C(=O)Nc1cccc(N2CCCC2)c1. The van der Waals surface area contributed by atoms with Gasteiger partial charge in [0.1, 0.15) is 11.8 Å². The Kier molecular flexibility index (Phi) is 7.33. The van der Waals surface area contributed by atoms with Crippen molar-refractivity contribution in [2.24, 2.45) is 0 Å². The zero-order valence-electron chi connectivity index (χ0n) is 17.4. The largest absolute Gasteiger partial charge is 0.456 e. The van der Waals surface area contributed by atoms with Crippen LogP contribution in [0.25, 0.3) is 0 Å². The number of hydrogen-bond acceptors (Lipinski definition) is 4. The van der Waals surface area contributed by atoms with E-state index in [1.54, 1.807) is 12.1 Å². The average Bonchev–Trinajstić information content (AvgIpc) is 3.43. The first-order chi connectivity index (χ1) is 14.1. The maximum absolute atomic E-state index is 12.9. The molecule has 2 heterocycles. The number of carbonyl (C=O) groups excluding carboxylic acids is 2. The third-order valence-corrected chi connectivity index (χ3v) is 5.29. The standard InChI is InChI=1S/C23H31N3O3/c1-3-5-11-20(25-23(28)21-13-12-19(4-2)29-21)22(27)24-17-9-8-10-18(16-17)26-14-6-7-15-26/h8-10,12-13,16,20H,3-7,11,14-15H2,1-2H3,(H,24,27)(H,25,28). The Morgan fingerprint density at radius 2 is 1.93 bits per heavy atom. The number of benzene rings is 1. The number of nitrogens with one attached hydrogen (secondary N) is 2. The van der Waals surface area contributed by atoms with E-state index in [1.165, 1.54) is 12.8 Å². The van der Waals surface area contributed by atoms with Crippen molar-refractivity contribution in [2.45, 2.75) is 58.4 Å². The van der Waals surface area contributed by atoms with Gasteiger partial charge in [0.15, 0.2) is 5.76 Å². The van der Waals surface area contributed by atoms with E-state index >= 15 is 0 Å². The molecular formula is C23H31N3O3. The molecule has 2 amide bonds. The topological polar surface area (TPSA) is 74.6 Å². The quantitative estimate of drug-likeness (QED) is 0.659. The van der Waals surface area contributed by atoms with E-state index in [-0.39, 0.29) is 17.6 Å². The van der Waals surface area contributed by atoms with Gasteiger partial charge < -0.3 is 20.0 Å². The monoisotopic (exact) mass is 397 g/mol. The van der Waals surface area contributed by atoms with Gasteiger partial charge in [0.05, 0.1) is 0 Å². The highest BCUT2D eigenvalue weighted by atomic mass is 16.3. The van der Waals surface area contributed by atoms with E-state index < -0.39 is 6.04 Å². The average molecular weight is 398 g/mol. The summed E-state index contributed by atoms with van der Waals surface area (Å²) in [4.78, 5) is 27.8. The summed E-state index contributed by atoms with van der Waals surface area (Å²) in [6.45, 7) is 6.13. The third kappa shape index (κ3) is 5.62. The van der Waals surface area contributed by atoms with Crippen LogP contribution in [0.4, 0.5) is 11.4 Å². The second-order valence-corrected chi connectivity index (χ2v) is 7.52. The molecule has 1 aliphatic heterocycles. The van der Waals surface area contributed by atoms with Crippen LogP contribution in [0.15, 0.2) is 40.8 Å². The van der Waals surface area contributed by atoms with Crippen molar-refractivity contribution in [3.63, 3.8) is 0 Å².